The molecule has 0 amide bonds. The van der Waals surface area contributed by atoms with Crippen LogP contribution in [-0.2, 0) is 0 Å². The maximum absolute atomic E-state index is 5.09. The van der Waals surface area contributed by atoms with Gasteiger partial charge in [0.25, 0.3) is 0 Å². The second kappa shape index (κ2) is 5.12. The lowest BCUT2D eigenvalue weighted by Crippen LogP contribution is -2.37. The molecule has 0 aliphatic carbocycles. The summed E-state index contributed by atoms with van der Waals surface area (Å²) < 4.78 is 5.09. The second-order valence-corrected chi connectivity index (χ2v) is 3.97. The monoisotopic (exact) mass is 222 g/mol. The summed E-state index contributed by atoms with van der Waals surface area (Å²) in [5.41, 5.74) is 0. The molecule has 1 N–H and O–H groups in total. The summed E-state index contributed by atoms with van der Waals surface area (Å²) in [4.78, 5) is 10.9. The maximum Gasteiger partial charge on any atom is 0.233 e. The van der Waals surface area contributed by atoms with Crippen LogP contribution in [0, 0.1) is 0 Å². The first-order chi connectivity index (χ1) is 7.85. The minimum atomic E-state index is 0.520. The van der Waals surface area contributed by atoms with E-state index in [1.54, 1.807) is 19.5 Å². The number of ether oxygens (including phenoxy) is 1. The Morgan fingerprint density at radius 3 is 3.19 bits per heavy atom. The van der Waals surface area contributed by atoms with Gasteiger partial charge in [0.2, 0.25) is 5.88 Å². The number of hydrogen-bond acceptors (Lipinski definition) is 5. The first-order valence-electron chi connectivity index (χ1n) is 5.62. The molecule has 1 aliphatic heterocycles. The first-order valence-corrected chi connectivity index (χ1v) is 5.62. The molecule has 1 aromatic rings. The highest BCUT2D eigenvalue weighted by molar-refractivity contribution is 5.40. The molecule has 0 radical (unpaired) electrons. The van der Waals surface area contributed by atoms with Gasteiger partial charge in [-0.3, -0.25) is 4.98 Å². The zero-order valence-corrected chi connectivity index (χ0v) is 9.81. The van der Waals surface area contributed by atoms with Crippen LogP contribution in [0.5, 0.6) is 5.88 Å². The Kier molecular flexibility index (Phi) is 3.56. The van der Waals surface area contributed by atoms with Gasteiger partial charge in [-0.15, -0.1) is 0 Å². The Bertz CT molecular complexity index is 345. The summed E-state index contributed by atoms with van der Waals surface area (Å²) in [5, 5.41) is 3.22. The zero-order valence-electron chi connectivity index (χ0n) is 9.81. The van der Waals surface area contributed by atoms with Gasteiger partial charge in [0.1, 0.15) is 0 Å². The zero-order chi connectivity index (χ0) is 11.4. The molecule has 2 rings (SSSR count). The Morgan fingerprint density at radius 2 is 2.44 bits per heavy atom. The third-order valence-electron chi connectivity index (χ3n) is 2.92. The lowest BCUT2D eigenvalue weighted by Gasteiger charge is -2.25. The molecular weight excluding hydrogens is 204 g/mol. The van der Waals surface area contributed by atoms with E-state index >= 15 is 0 Å². The second-order valence-electron chi connectivity index (χ2n) is 3.97. The summed E-state index contributed by atoms with van der Waals surface area (Å²) in [6.45, 7) is 2.03. The van der Waals surface area contributed by atoms with E-state index in [0.717, 1.165) is 18.9 Å². The molecule has 2 heterocycles. The minimum Gasteiger partial charge on any atom is -0.480 e. The Balaban J connectivity index is 2.15. The predicted molar refractivity (Wildman–Crippen MR) is 62.9 cm³/mol. The van der Waals surface area contributed by atoms with Crippen molar-refractivity contribution in [2.24, 2.45) is 0 Å². The van der Waals surface area contributed by atoms with E-state index < -0.39 is 0 Å². The molecule has 0 spiro atoms. The first kappa shape index (κ1) is 11.1. The lowest BCUT2D eigenvalue weighted by atomic mass is 10.2. The fraction of sp³-hybridized carbons (Fsp3) is 0.636. The van der Waals surface area contributed by atoms with Gasteiger partial charge in [0, 0.05) is 19.1 Å². The molecule has 0 bridgehead atoms. The van der Waals surface area contributed by atoms with Gasteiger partial charge in [-0.2, -0.15) is 4.98 Å². The van der Waals surface area contributed by atoms with Crippen LogP contribution in [-0.4, -0.2) is 43.3 Å². The topological polar surface area (TPSA) is 50.3 Å². The van der Waals surface area contributed by atoms with Crippen LogP contribution in [0.4, 0.5) is 5.82 Å². The molecule has 16 heavy (non-hydrogen) atoms. The SMILES string of the molecule is CNCC1CCCN1c1cncc(OC)n1. The molecule has 0 saturated carbocycles. The van der Waals surface area contributed by atoms with E-state index in [2.05, 4.69) is 20.2 Å². The molecule has 1 saturated heterocycles. The van der Waals surface area contributed by atoms with E-state index in [9.17, 15) is 0 Å². The van der Waals surface area contributed by atoms with Crippen molar-refractivity contribution in [2.75, 3.05) is 32.1 Å². The summed E-state index contributed by atoms with van der Waals surface area (Å²) in [5.74, 6) is 1.49. The van der Waals surface area contributed by atoms with Gasteiger partial charge in [-0.05, 0) is 19.9 Å². The molecule has 1 unspecified atom stereocenters. The van der Waals surface area contributed by atoms with Crippen molar-refractivity contribution in [3.05, 3.63) is 12.4 Å². The highest BCUT2D eigenvalue weighted by Gasteiger charge is 2.25. The maximum atomic E-state index is 5.09. The Labute approximate surface area is 95.8 Å². The van der Waals surface area contributed by atoms with E-state index in [-0.39, 0.29) is 0 Å². The van der Waals surface area contributed by atoms with E-state index in [1.165, 1.54) is 12.8 Å². The minimum absolute atomic E-state index is 0.520. The molecule has 5 nitrogen and oxygen atoms in total. The predicted octanol–water partition coefficient (Wildman–Crippen LogP) is 0.673. The fourth-order valence-corrected chi connectivity index (χ4v) is 2.16. The average Bonchev–Trinajstić information content (AvgIpc) is 2.78. The van der Waals surface area contributed by atoms with E-state index in [1.807, 2.05) is 7.05 Å². The summed E-state index contributed by atoms with van der Waals surface area (Å²) in [7, 11) is 3.59. The number of hydrogen-bond donors (Lipinski definition) is 1. The Hall–Kier alpha value is -1.36. The van der Waals surface area contributed by atoms with Crippen molar-refractivity contribution in [3.63, 3.8) is 0 Å². The van der Waals surface area contributed by atoms with Gasteiger partial charge in [0.15, 0.2) is 5.82 Å². The summed E-state index contributed by atoms with van der Waals surface area (Å²) in [6, 6.07) is 0.520. The number of likely N-dealkylation sites (N-methyl/N-ethyl adjacent to an activating group) is 1. The molecular formula is C11H18N4O. The summed E-state index contributed by atoms with van der Waals surface area (Å²) >= 11 is 0. The molecule has 1 fully saturated rings. The molecule has 1 aromatic heterocycles. The van der Waals surface area contributed by atoms with Gasteiger partial charge >= 0.3 is 0 Å². The van der Waals surface area contributed by atoms with Gasteiger partial charge in [-0.1, -0.05) is 0 Å². The van der Waals surface area contributed by atoms with Crippen LogP contribution < -0.4 is 15.0 Å². The standard InChI is InChI=1S/C11H18N4O/c1-12-6-9-4-3-5-15(9)10-7-13-8-11(14-10)16-2/h7-9,12H,3-6H2,1-2H3. The highest BCUT2D eigenvalue weighted by atomic mass is 16.5. The molecule has 1 atom stereocenters. The molecule has 0 aromatic carbocycles. The van der Waals surface area contributed by atoms with Crippen molar-refractivity contribution in [1.82, 2.24) is 15.3 Å². The van der Waals surface area contributed by atoms with Crippen LogP contribution in [0.2, 0.25) is 0 Å². The van der Waals surface area contributed by atoms with Gasteiger partial charge < -0.3 is 15.0 Å². The van der Waals surface area contributed by atoms with Crippen molar-refractivity contribution < 1.29 is 4.74 Å². The number of anilines is 1. The van der Waals surface area contributed by atoms with E-state index in [0.29, 0.717) is 11.9 Å². The number of rotatable bonds is 4. The average molecular weight is 222 g/mol. The van der Waals surface area contributed by atoms with Crippen LogP contribution >= 0.6 is 0 Å². The quantitative estimate of drug-likeness (QED) is 0.811. The smallest absolute Gasteiger partial charge is 0.233 e. The van der Waals surface area contributed by atoms with Crippen LogP contribution in [0.25, 0.3) is 0 Å². The number of nitrogens with zero attached hydrogens (tertiary/aromatic N) is 3. The number of nitrogens with one attached hydrogen (secondary N) is 1. The van der Waals surface area contributed by atoms with Gasteiger partial charge in [-0.25, -0.2) is 0 Å². The molecule has 88 valence electrons. The molecule has 1 aliphatic rings. The van der Waals surface area contributed by atoms with Crippen LogP contribution in [0.3, 0.4) is 0 Å². The summed E-state index contributed by atoms with van der Waals surface area (Å²) in [6.07, 6.45) is 5.86. The largest absolute Gasteiger partial charge is 0.480 e. The lowest BCUT2D eigenvalue weighted by molar-refractivity contribution is 0.395. The Morgan fingerprint density at radius 1 is 1.56 bits per heavy atom. The third-order valence-corrected chi connectivity index (χ3v) is 2.92. The third kappa shape index (κ3) is 2.24. The van der Waals surface area contributed by atoms with Crippen LogP contribution in [0.1, 0.15) is 12.8 Å². The highest BCUT2D eigenvalue weighted by Crippen LogP contribution is 2.23. The van der Waals surface area contributed by atoms with Crippen LogP contribution in [0.15, 0.2) is 12.4 Å². The van der Waals surface area contributed by atoms with Crippen molar-refractivity contribution in [3.8, 4) is 5.88 Å². The van der Waals surface area contributed by atoms with Crippen molar-refractivity contribution in [1.29, 1.82) is 0 Å². The van der Waals surface area contributed by atoms with Crippen molar-refractivity contribution in [2.45, 2.75) is 18.9 Å². The van der Waals surface area contributed by atoms with Gasteiger partial charge in [0.05, 0.1) is 19.5 Å². The molecule has 5 heteroatoms. The fourth-order valence-electron chi connectivity index (χ4n) is 2.16. The van der Waals surface area contributed by atoms with Crippen molar-refractivity contribution >= 4 is 5.82 Å². The number of methoxy groups -OCH3 is 1. The normalized spacial score (nSPS) is 20.1. The van der Waals surface area contributed by atoms with E-state index in [4.69, 9.17) is 4.74 Å². The number of aromatic nitrogens is 2.